The summed E-state index contributed by atoms with van der Waals surface area (Å²) in [5.41, 5.74) is 1.34. The Bertz CT molecular complexity index is 379. The molecular weight excluding hydrogens is 204 g/mol. The third-order valence-electron chi connectivity index (χ3n) is 2.75. The molecule has 0 saturated heterocycles. The number of fused-ring (bicyclic) bond motifs is 1. The Morgan fingerprint density at radius 1 is 1.44 bits per heavy atom. The van der Waals surface area contributed by atoms with E-state index in [0.717, 1.165) is 29.7 Å². The number of aliphatic hydroxyl groups is 2. The van der Waals surface area contributed by atoms with E-state index in [-0.39, 0.29) is 12.7 Å². The Hall–Kier alpha value is -1.06. The second-order valence-corrected chi connectivity index (χ2v) is 5.02. The quantitative estimate of drug-likeness (QED) is 0.820. The normalized spacial score (nSPS) is 19.6. The molecule has 0 aromatic heterocycles. The van der Waals surface area contributed by atoms with Crippen molar-refractivity contribution in [3.05, 3.63) is 29.3 Å². The predicted octanol–water partition coefficient (Wildman–Crippen LogP) is 1.82. The van der Waals surface area contributed by atoms with Crippen LogP contribution in [0.2, 0.25) is 0 Å². The summed E-state index contributed by atoms with van der Waals surface area (Å²) in [4.78, 5) is 0. The fraction of sp³-hybridized carbons (Fsp3) is 0.538. The average Bonchev–Trinajstić information content (AvgIpc) is 2.56. The van der Waals surface area contributed by atoms with Gasteiger partial charge in [-0.25, -0.2) is 0 Å². The molecule has 1 aliphatic rings. The van der Waals surface area contributed by atoms with Crippen LogP contribution in [0, 0.1) is 0 Å². The van der Waals surface area contributed by atoms with Crippen molar-refractivity contribution in [2.24, 2.45) is 0 Å². The van der Waals surface area contributed by atoms with E-state index in [1.807, 2.05) is 18.2 Å². The van der Waals surface area contributed by atoms with Gasteiger partial charge in [0.25, 0.3) is 0 Å². The highest BCUT2D eigenvalue weighted by molar-refractivity contribution is 5.39. The first-order valence-electron chi connectivity index (χ1n) is 5.62. The van der Waals surface area contributed by atoms with Gasteiger partial charge in [-0.05, 0) is 49.9 Å². The monoisotopic (exact) mass is 222 g/mol. The number of hydrogen-bond donors (Lipinski definition) is 2. The molecular formula is C13H18O3. The van der Waals surface area contributed by atoms with Crippen molar-refractivity contribution in [2.75, 3.05) is 6.61 Å². The van der Waals surface area contributed by atoms with Crippen LogP contribution in [0.4, 0.5) is 0 Å². The first-order valence-corrected chi connectivity index (χ1v) is 5.62. The third-order valence-corrected chi connectivity index (χ3v) is 2.75. The highest BCUT2D eigenvalue weighted by Gasteiger charge is 2.21. The molecule has 3 heteroatoms. The van der Waals surface area contributed by atoms with Crippen molar-refractivity contribution in [1.29, 1.82) is 0 Å². The molecule has 1 aliphatic carbocycles. The van der Waals surface area contributed by atoms with Gasteiger partial charge in [-0.3, -0.25) is 0 Å². The maximum atomic E-state index is 9.65. The molecule has 1 atom stereocenters. The summed E-state index contributed by atoms with van der Waals surface area (Å²) in [6.45, 7) is 3.70. The molecule has 0 saturated carbocycles. The lowest BCUT2D eigenvalue weighted by atomic mass is 10.1. The average molecular weight is 222 g/mol. The zero-order valence-corrected chi connectivity index (χ0v) is 9.73. The van der Waals surface area contributed by atoms with Crippen LogP contribution in [0.5, 0.6) is 5.75 Å². The first-order chi connectivity index (χ1) is 7.46. The number of hydrogen-bond acceptors (Lipinski definition) is 3. The van der Waals surface area contributed by atoms with Gasteiger partial charge in [0.1, 0.15) is 12.4 Å². The van der Waals surface area contributed by atoms with E-state index >= 15 is 0 Å². The van der Waals surface area contributed by atoms with Crippen LogP contribution in [-0.4, -0.2) is 22.4 Å². The van der Waals surface area contributed by atoms with Gasteiger partial charge in [0.15, 0.2) is 0 Å². The third kappa shape index (κ3) is 2.54. The fourth-order valence-electron chi connectivity index (χ4n) is 1.92. The molecule has 0 aliphatic heterocycles. The molecule has 88 valence electrons. The Kier molecular flexibility index (Phi) is 2.91. The second kappa shape index (κ2) is 4.07. The van der Waals surface area contributed by atoms with E-state index in [4.69, 9.17) is 4.74 Å². The lowest BCUT2D eigenvalue weighted by Gasteiger charge is -2.18. The van der Waals surface area contributed by atoms with E-state index in [1.165, 1.54) is 0 Å². The van der Waals surface area contributed by atoms with Gasteiger partial charge >= 0.3 is 0 Å². The van der Waals surface area contributed by atoms with Gasteiger partial charge in [0, 0.05) is 0 Å². The summed E-state index contributed by atoms with van der Waals surface area (Å²) in [6, 6.07) is 5.71. The highest BCUT2D eigenvalue weighted by Crippen LogP contribution is 2.33. The van der Waals surface area contributed by atoms with Crippen LogP contribution in [0.15, 0.2) is 18.2 Å². The van der Waals surface area contributed by atoms with E-state index < -0.39 is 5.60 Å². The van der Waals surface area contributed by atoms with E-state index in [2.05, 4.69) is 0 Å². The number of benzene rings is 1. The summed E-state index contributed by atoms with van der Waals surface area (Å²) in [7, 11) is 0. The maximum Gasteiger partial charge on any atom is 0.119 e. The van der Waals surface area contributed by atoms with Crippen molar-refractivity contribution in [1.82, 2.24) is 0 Å². The van der Waals surface area contributed by atoms with Crippen molar-refractivity contribution in [3.8, 4) is 5.75 Å². The van der Waals surface area contributed by atoms with Crippen LogP contribution in [-0.2, 0) is 6.42 Å². The molecule has 2 rings (SSSR count). The van der Waals surface area contributed by atoms with Crippen LogP contribution >= 0.6 is 0 Å². The standard InChI is InChI=1S/C13H18O3/c1-13(2,15)8-16-10-4-5-11-9(7-10)3-6-12(11)14/h4-5,7,12,14-15H,3,6,8H2,1-2H3/t12-/m0/s1. The summed E-state index contributed by atoms with van der Waals surface area (Å²) in [5, 5.41) is 19.2. The van der Waals surface area contributed by atoms with Crippen molar-refractivity contribution in [3.63, 3.8) is 0 Å². The van der Waals surface area contributed by atoms with Crippen LogP contribution in [0.3, 0.4) is 0 Å². The molecule has 0 fully saturated rings. The highest BCUT2D eigenvalue weighted by atomic mass is 16.5. The molecule has 1 aromatic carbocycles. The Morgan fingerprint density at radius 2 is 2.19 bits per heavy atom. The van der Waals surface area contributed by atoms with Crippen molar-refractivity contribution in [2.45, 2.75) is 38.4 Å². The number of aliphatic hydroxyl groups excluding tert-OH is 1. The van der Waals surface area contributed by atoms with E-state index in [1.54, 1.807) is 13.8 Å². The van der Waals surface area contributed by atoms with Gasteiger partial charge in [-0.15, -0.1) is 0 Å². The van der Waals surface area contributed by atoms with Crippen molar-refractivity contribution >= 4 is 0 Å². The summed E-state index contributed by atoms with van der Waals surface area (Å²) in [6.07, 6.45) is 1.37. The van der Waals surface area contributed by atoms with E-state index in [0.29, 0.717) is 0 Å². The molecule has 0 heterocycles. The van der Waals surface area contributed by atoms with Gasteiger partial charge in [-0.2, -0.15) is 0 Å². The van der Waals surface area contributed by atoms with Crippen LogP contribution < -0.4 is 4.74 Å². The summed E-state index contributed by atoms with van der Waals surface area (Å²) < 4.78 is 5.50. The van der Waals surface area contributed by atoms with Gasteiger partial charge in [0.2, 0.25) is 0 Å². The van der Waals surface area contributed by atoms with Gasteiger partial charge in [-0.1, -0.05) is 6.07 Å². The lowest BCUT2D eigenvalue weighted by molar-refractivity contribution is 0.0284. The molecule has 0 unspecified atom stereocenters. The zero-order valence-electron chi connectivity index (χ0n) is 9.73. The van der Waals surface area contributed by atoms with Gasteiger partial charge in [0.05, 0.1) is 11.7 Å². The molecule has 16 heavy (non-hydrogen) atoms. The van der Waals surface area contributed by atoms with E-state index in [9.17, 15) is 10.2 Å². The minimum atomic E-state index is -0.821. The van der Waals surface area contributed by atoms with Crippen LogP contribution in [0.25, 0.3) is 0 Å². The molecule has 0 amide bonds. The SMILES string of the molecule is CC(C)(O)COc1ccc2c(c1)CC[C@@H]2O. The molecule has 0 bridgehead atoms. The number of rotatable bonds is 3. The number of ether oxygens (including phenoxy) is 1. The minimum Gasteiger partial charge on any atom is -0.491 e. The Labute approximate surface area is 95.7 Å². The smallest absolute Gasteiger partial charge is 0.119 e. The zero-order chi connectivity index (χ0) is 11.8. The topological polar surface area (TPSA) is 49.7 Å². The maximum absolute atomic E-state index is 9.65. The molecule has 0 radical (unpaired) electrons. The molecule has 1 aromatic rings. The molecule has 3 nitrogen and oxygen atoms in total. The molecule has 2 N–H and O–H groups in total. The lowest BCUT2D eigenvalue weighted by Crippen LogP contribution is -2.27. The first kappa shape index (κ1) is 11.4. The second-order valence-electron chi connectivity index (χ2n) is 5.02. The fourth-order valence-corrected chi connectivity index (χ4v) is 1.92. The predicted molar refractivity (Wildman–Crippen MR) is 61.5 cm³/mol. The van der Waals surface area contributed by atoms with Crippen molar-refractivity contribution < 1.29 is 14.9 Å². The van der Waals surface area contributed by atoms with Gasteiger partial charge < -0.3 is 14.9 Å². The number of aryl methyl sites for hydroxylation is 1. The Morgan fingerprint density at radius 3 is 2.88 bits per heavy atom. The summed E-state index contributed by atoms with van der Waals surface area (Å²) >= 11 is 0. The minimum absolute atomic E-state index is 0.272. The molecule has 0 spiro atoms. The summed E-state index contributed by atoms with van der Waals surface area (Å²) in [5.74, 6) is 0.759. The largest absolute Gasteiger partial charge is 0.491 e. The van der Waals surface area contributed by atoms with Crippen LogP contribution in [0.1, 0.15) is 37.5 Å². The Balaban J connectivity index is 2.08.